The third kappa shape index (κ3) is 6.53. The zero-order chi connectivity index (χ0) is 26.2. The number of amidine groups is 2. The van der Waals surface area contributed by atoms with Gasteiger partial charge in [0, 0.05) is 60.3 Å². The van der Waals surface area contributed by atoms with Gasteiger partial charge in [-0.2, -0.15) is 0 Å². The van der Waals surface area contributed by atoms with E-state index in [1.165, 1.54) is 6.08 Å². The van der Waals surface area contributed by atoms with Crippen LogP contribution < -0.4 is 21.3 Å². The van der Waals surface area contributed by atoms with Gasteiger partial charge in [-0.1, -0.05) is 12.1 Å². The van der Waals surface area contributed by atoms with E-state index in [0.717, 1.165) is 67.4 Å². The van der Waals surface area contributed by atoms with E-state index in [-0.39, 0.29) is 11.8 Å². The number of anilines is 2. The van der Waals surface area contributed by atoms with Crippen molar-refractivity contribution < 1.29 is 9.59 Å². The van der Waals surface area contributed by atoms with Gasteiger partial charge in [0.1, 0.15) is 11.7 Å². The zero-order valence-electron chi connectivity index (χ0n) is 21.0. The van der Waals surface area contributed by atoms with Crippen LogP contribution in [0.3, 0.4) is 0 Å². The summed E-state index contributed by atoms with van der Waals surface area (Å²) in [4.78, 5) is 34.0. The lowest BCUT2D eigenvalue weighted by Crippen LogP contribution is -2.30. The molecule has 0 radical (unpaired) electrons. The number of nitrogens with zero attached hydrogens (tertiary/aromatic N) is 2. The van der Waals surface area contributed by atoms with Crippen LogP contribution in [0.15, 0.2) is 88.9 Å². The van der Waals surface area contributed by atoms with Crippen molar-refractivity contribution in [1.82, 2.24) is 10.6 Å². The fraction of sp³-hybridized carbons (Fsp3) is 0.200. The van der Waals surface area contributed by atoms with Crippen molar-refractivity contribution in [1.29, 1.82) is 0 Å². The van der Waals surface area contributed by atoms with Crippen LogP contribution in [0.25, 0.3) is 6.08 Å². The molecule has 0 aliphatic carbocycles. The average Bonchev–Trinajstić information content (AvgIpc) is 2.98. The van der Waals surface area contributed by atoms with Crippen LogP contribution in [0.1, 0.15) is 39.9 Å². The molecule has 2 amide bonds. The summed E-state index contributed by atoms with van der Waals surface area (Å²) in [6, 6.07) is 22.3. The number of carbonyl (C=O) groups excluding carboxylic acids is 2. The monoisotopic (exact) mass is 506 g/mol. The maximum Gasteiger partial charge on any atom is 0.255 e. The molecule has 0 unspecified atom stereocenters. The van der Waals surface area contributed by atoms with E-state index in [4.69, 9.17) is 0 Å². The fourth-order valence-corrected chi connectivity index (χ4v) is 4.18. The molecule has 5 rings (SSSR count). The first-order chi connectivity index (χ1) is 18.6. The molecule has 2 aliphatic rings. The summed E-state index contributed by atoms with van der Waals surface area (Å²) in [6.07, 6.45) is 5.28. The molecule has 2 heterocycles. The van der Waals surface area contributed by atoms with Crippen molar-refractivity contribution >= 4 is 40.9 Å². The van der Waals surface area contributed by atoms with Crippen LogP contribution in [0.5, 0.6) is 0 Å². The lowest BCUT2D eigenvalue weighted by Gasteiger charge is -2.15. The number of amides is 2. The van der Waals surface area contributed by atoms with Crippen LogP contribution >= 0.6 is 0 Å². The summed E-state index contributed by atoms with van der Waals surface area (Å²) in [6.45, 7) is 3.52. The number of aliphatic imine (C=N–C) groups is 2. The van der Waals surface area contributed by atoms with Crippen molar-refractivity contribution in [3.63, 3.8) is 0 Å². The molecule has 192 valence electrons. The third-order valence-electron chi connectivity index (χ3n) is 6.24. The maximum atomic E-state index is 12.7. The van der Waals surface area contributed by atoms with E-state index in [1.807, 2.05) is 48.5 Å². The number of rotatable bonds is 7. The van der Waals surface area contributed by atoms with E-state index < -0.39 is 0 Å². The Bertz CT molecular complexity index is 1370. The summed E-state index contributed by atoms with van der Waals surface area (Å²) in [5.74, 6) is 1.36. The largest absolute Gasteiger partial charge is 0.370 e. The second-order valence-corrected chi connectivity index (χ2v) is 9.07. The summed E-state index contributed by atoms with van der Waals surface area (Å²) in [5, 5.41) is 12.4. The van der Waals surface area contributed by atoms with Crippen molar-refractivity contribution in [3.05, 3.63) is 101 Å². The number of hydrogen-bond donors (Lipinski definition) is 4. The predicted molar refractivity (Wildman–Crippen MR) is 153 cm³/mol. The molecule has 0 bridgehead atoms. The van der Waals surface area contributed by atoms with Gasteiger partial charge in [0.2, 0.25) is 5.91 Å². The predicted octanol–water partition coefficient (Wildman–Crippen LogP) is 4.07. The molecule has 3 aromatic carbocycles. The molecule has 0 spiro atoms. The minimum Gasteiger partial charge on any atom is -0.370 e. The molecule has 0 aromatic heterocycles. The van der Waals surface area contributed by atoms with Crippen molar-refractivity contribution in [3.8, 4) is 0 Å². The van der Waals surface area contributed by atoms with Crippen molar-refractivity contribution in [2.75, 3.05) is 36.8 Å². The van der Waals surface area contributed by atoms with Crippen LogP contribution in [-0.2, 0) is 4.79 Å². The first-order valence-electron chi connectivity index (χ1n) is 12.8. The smallest absolute Gasteiger partial charge is 0.255 e. The number of carbonyl (C=O) groups is 2. The molecule has 0 fully saturated rings. The van der Waals surface area contributed by atoms with Gasteiger partial charge >= 0.3 is 0 Å². The first-order valence-corrected chi connectivity index (χ1v) is 12.8. The quantitative estimate of drug-likeness (QED) is 0.363. The topological polar surface area (TPSA) is 107 Å². The highest BCUT2D eigenvalue weighted by Crippen LogP contribution is 2.15. The molecular weight excluding hydrogens is 476 g/mol. The van der Waals surface area contributed by atoms with E-state index >= 15 is 0 Å². The summed E-state index contributed by atoms with van der Waals surface area (Å²) < 4.78 is 0. The van der Waals surface area contributed by atoms with E-state index in [2.05, 4.69) is 31.3 Å². The van der Waals surface area contributed by atoms with E-state index in [0.29, 0.717) is 16.9 Å². The highest BCUT2D eigenvalue weighted by atomic mass is 16.2. The van der Waals surface area contributed by atoms with Crippen LogP contribution in [0, 0.1) is 0 Å². The summed E-state index contributed by atoms with van der Waals surface area (Å²) >= 11 is 0. The minimum absolute atomic E-state index is 0.197. The SMILES string of the molecule is O=C(C=Cc1ccc(C(=O)Nc2ccc(C3=NCCCN3)cc2)cc1)Nc1ccc(C2=NCCCN2)cc1. The van der Waals surface area contributed by atoms with Gasteiger partial charge < -0.3 is 21.3 Å². The van der Waals surface area contributed by atoms with Gasteiger partial charge in [-0.3, -0.25) is 19.6 Å². The minimum atomic E-state index is -0.231. The Labute approximate surface area is 222 Å². The standard InChI is InChI=1S/C30H30N6O2/c37-27(35-25-12-8-22(9-13-25)28-31-17-1-18-32-28)16-5-21-3-6-24(7-4-21)30(38)36-26-14-10-23(11-15-26)29-33-19-2-20-34-29/h3-16H,1-2,17-20H2,(H,31,32)(H,33,34)(H,35,37)(H,36,38). The van der Waals surface area contributed by atoms with Crippen molar-refractivity contribution in [2.24, 2.45) is 9.98 Å². The molecule has 3 aromatic rings. The Hall–Kier alpha value is -4.72. The van der Waals surface area contributed by atoms with Gasteiger partial charge in [0.25, 0.3) is 5.91 Å². The van der Waals surface area contributed by atoms with E-state index in [9.17, 15) is 9.59 Å². The highest BCUT2D eigenvalue weighted by molar-refractivity contribution is 6.05. The Morgan fingerprint density at radius 1 is 0.684 bits per heavy atom. The average molecular weight is 507 g/mol. The Morgan fingerprint density at radius 3 is 1.71 bits per heavy atom. The molecule has 8 nitrogen and oxygen atoms in total. The Morgan fingerprint density at radius 2 is 1.21 bits per heavy atom. The molecule has 2 aliphatic heterocycles. The van der Waals surface area contributed by atoms with Gasteiger partial charge in [-0.25, -0.2) is 0 Å². The maximum absolute atomic E-state index is 12.7. The molecular formula is C30H30N6O2. The first kappa shape index (κ1) is 25.0. The van der Waals surface area contributed by atoms with Gasteiger partial charge in [0.15, 0.2) is 0 Å². The molecule has 0 atom stereocenters. The normalized spacial score (nSPS) is 15.1. The molecule has 0 saturated heterocycles. The zero-order valence-corrected chi connectivity index (χ0v) is 21.0. The molecule has 8 heteroatoms. The van der Waals surface area contributed by atoms with Crippen LogP contribution in [0.2, 0.25) is 0 Å². The number of benzene rings is 3. The van der Waals surface area contributed by atoms with Crippen molar-refractivity contribution in [2.45, 2.75) is 12.8 Å². The molecule has 4 N–H and O–H groups in total. The fourth-order valence-electron chi connectivity index (χ4n) is 4.18. The Balaban J connectivity index is 1.12. The second kappa shape index (κ2) is 12.0. The second-order valence-electron chi connectivity index (χ2n) is 9.07. The number of hydrogen-bond acceptors (Lipinski definition) is 6. The summed E-state index contributed by atoms with van der Waals surface area (Å²) in [7, 11) is 0. The third-order valence-corrected chi connectivity index (χ3v) is 6.24. The Kier molecular flexibility index (Phi) is 7.89. The number of nitrogens with one attached hydrogen (secondary N) is 4. The lowest BCUT2D eigenvalue weighted by atomic mass is 10.1. The van der Waals surface area contributed by atoms with Gasteiger partial charge in [-0.05, 0) is 85.1 Å². The molecule has 0 saturated carbocycles. The van der Waals surface area contributed by atoms with Gasteiger partial charge in [0.05, 0.1) is 0 Å². The highest BCUT2D eigenvalue weighted by Gasteiger charge is 2.10. The summed E-state index contributed by atoms with van der Waals surface area (Å²) in [5.41, 5.74) is 4.79. The van der Waals surface area contributed by atoms with Crippen LogP contribution in [-0.4, -0.2) is 49.7 Å². The van der Waals surface area contributed by atoms with Gasteiger partial charge in [-0.15, -0.1) is 0 Å². The molecule has 38 heavy (non-hydrogen) atoms. The lowest BCUT2D eigenvalue weighted by molar-refractivity contribution is -0.111. The van der Waals surface area contributed by atoms with E-state index in [1.54, 1.807) is 30.3 Å². The van der Waals surface area contributed by atoms with Crippen LogP contribution in [0.4, 0.5) is 11.4 Å².